The van der Waals surface area contributed by atoms with Crippen LogP contribution in [0, 0.1) is 10.8 Å². The Hall–Kier alpha value is -4.32. The lowest BCUT2D eigenvalue weighted by Crippen LogP contribution is -2.34. The van der Waals surface area contributed by atoms with E-state index in [4.69, 9.17) is 26.0 Å². The Morgan fingerprint density at radius 3 is 2.27 bits per heavy atom. The van der Waals surface area contributed by atoms with Crippen LogP contribution in [-0.4, -0.2) is 47.1 Å². The molecule has 11 nitrogen and oxygen atoms in total. The van der Waals surface area contributed by atoms with E-state index in [-0.39, 0.29) is 22.3 Å². The summed E-state index contributed by atoms with van der Waals surface area (Å²) in [6, 6.07) is 12.6. The minimum Gasteiger partial charge on any atom is -0.444 e. The number of nitrogens with zero attached hydrogens (tertiary/aromatic N) is 2. The van der Waals surface area contributed by atoms with E-state index < -0.39 is 38.7 Å². The second kappa shape index (κ2) is 11.8. The molecule has 2 aromatic carbocycles. The first kappa shape index (κ1) is 30.2. The van der Waals surface area contributed by atoms with Crippen LogP contribution in [0.2, 0.25) is 0 Å². The maximum atomic E-state index is 12.4. The molecule has 12 heteroatoms. The van der Waals surface area contributed by atoms with Crippen molar-refractivity contribution in [1.29, 1.82) is 10.8 Å². The number of nitrogen functional groups attached to an aromatic ring is 1. The SMILES string of the molecule is CC(NC(=O)OC(C)(C)C)c1cccc(C(=N)OC(=N)c2nc(-c3ccc(S(=O)(=O)C(C)C)cc3)cnc2N)c1. The van der Waals surface area contributed by atoms with Gasteiger partial charge in [0.2, 0.25) is 11.8 Å². The molecule has 1 unspecified atom stereocenters. The third-order valence-corrected chi connectivity index (χ3v) is 7.87. The van der Waals surface area contributed by atoms with Crippen LogP contribution in [0.3, 0.4) is 0 Å². The molecule has 1 aromatic heterocycles. The lowest BCUT2D eigenvalue weighted by molar-refractivity contribution is 0.0508. The molecular formula is C28H34N6O5S. The van der Waals surface area contributed by atoms with Gasteiger partial charge in [0.15, 0.2) is 21.3 Å². The molecule has 0 aliphatic heterocycles. The highest BCUT2D eigenvalue weighted by atomic mass is 32.2. The number of amides is 1. The maximum absolute atomic E-state index is 12.4. The van der Waals surface area contributed by atoms with Crippen molar-refractivity contribution in [2.75, 3.05) is 5.73 Å². The van der Waals surface area contributed by atoms with Crippen molar-refractivity contribution < 1.29 is 22.7 Å². The number of anilines is 1. The Kier molecular flexibility index (Phi) is 8.93. The number of hydrogen-bond acceptors (Lipinski definition) is 10. The number of benzene rings is 2. The van der Waals surface area contributed by atoms with Crippen molar-refractivity contribution in [3.63, 3.8) is 0 Å². The summed E-state index contributed by atoms with van der Waals surface area (Å²) < 4.78 is 35.6. The van der Waals surface area contributed by atoms with E-state index in [0.29, 0.717) is 22.4 Å². The molecule has 0 aliphatic rings. The number of hydrogen-bond donors (Lipinski definition) is 4. The second-order valence-electron chi connectivity index (χ2n) is 10.4. The van der Waals surface area contributed by atoms with Crippen LogP contribution < -0.4 is 11.1 Å². The van der Waals surface area contributed by atoms with E-state index >= 15 is 0 Å². The Morgan fingerprint density at radius 1 is 1.02 bits per heavy atom. The summed E-state index contributed by atoms with van der Waals surface area (Å²) in [5, 5.41) is 19.0. The number of nitrogens with one attached hydrogen (secondary N) is 3. The second-order valence-corrected chi connectivity index (χ2v) is 12.9. The van der Waals surface area contributed by atoms with Gasteiger partial charge in [-0.25, -0.2) is 23.2 Å². The standard InChI is InChI=1S/C28H34N6O5S/c1-16(2)40(36,37)21-12-10-18(11-13-21)22-15-32-24(29)23(34-22)26(31)38-25(30)20-9-7-8-19(14-20)17(3)33-27(35)39-28(4,5)6/h7-17,30-31H,1-6H3,(H2,29,32)(H,33,35). The molecule has 0 saturated heterocycles. The topological polar surface area (TPSA) is 181 Å². The highest BCUT2D eigenvalue weighted by Crippen LogP contribution is 2.23. The van der Waals surface area contributed by atoms with Crippen molar-refractivity contribution in [1.82, 2.24) is 15.3 Å². The highest BCUT2D eigenvalue weighted by molar-refractivity contribution is 7.92. The normalized spacial score (nSPS) is 12.5. The first-order chi connectivity index (χ1) is 18.6. The van der Waals surface area contributed by atoms with Crippen LogP contribution >= 0.6 is 0 Å². The van der Waals surface area contributed by atoms with Gasteiger partial charge in [-0.1, -0.05) is 24.3 Å². The first-order valence-electron chi connectivity index (χ1n) is 12.5. The fraction of sp³-hybridized carbons (Fsp3) is 0.321. The Bertz CT molecular complexity index is 1530. The summed E-state index contributed by atoms with van der Waals surface area (Å²) >= 11 is 0. The number of sulfone groups is 1. The van der Waals surface area contributed by atoms with Gasteiger partial charge in [-0.15, -0.1) is 0 Å². The molecule has 1 amide bonds. The van der Waals surface area contributed by atoms with Crippen LogP contribution in [0.1, 0.15) is 64.4 Å². The number of alkyl carbamates (subject to hydrolysis) is 1. The summed E-state index contributed by atoms with van der Waals surface area (Å²) in [6.45, 7) is 10.3. The Balaban J connectivity index is 1.76. The summed E-state index contributed by atoms with van der Waals surface area (Å²) in [5.41, 5.74) is 7.23. The molecule has 0 fully saturated rings. The molecule has 0 spiro atoms. The lowest BCUT2D eigenvalue weighted by atomic mass is 10.1. The van der Waals surface area contributed by atoms with Crippen LogP contribution in [0.4, 0.5) is 10.6 Å². The van der Waals surface area contributed by atoms with Crippen molar-refractivity contribution in [3.8, 4) is 11.3 Å². The van der Waals surface area contributed by atoms with Crippen molar-refractivity contribution >= 4 is 33.5 Å². The van der Waals surface area contributed by atoms with Gasteiger partial charge in [0.25, 0.3) is 0 Å². The van der Waals surface area contributed by atoms with Gasteiger partial charge in [0.1, 0.15) is 5.60 Å². The van der Waals surface area contributed by atoms with E-state index in [1.54, 1.807) is 77.9 Å². The fourth-order valence-corrected chi connectivity index (χ4v) is 4.58. The average Bonchev–Trinajstić information content (AvgIpc) is 2.87. The summed E-state index contributed by atoms with van der Waals surface area (Å²) in [4.78, 5) is 20.8. The predicted octanol–water partition coefficient (Wildman–Crippen LogP) is 4.86. The predicted molar refractivity (Wildman–Crippen MR) is 153 cm³/mol. The number of ether oxygens (including phenoxy) is 2. The van der Waals surface area contributed by atoms with E-state index in [0.717, 1.165) is 0 Å². The zero-order valence-corrected chi connectivity index (χ0v) is 24.1. The first-order valence-corrected chi connectivity index (χ1v) is 14.0. The van der Waals surface area contributed by atoms with Crippen LogP contribution in [0.25, 0.3) is 11.3 Å². The van der Waals surface area contributed by atoms with Crippen LogP contribution in [0.5, 0.6) is 0 Å². The van der Waals surface area contributed by atoms with E-state index in [2.05, 4.69) is 15.3 Å². The van der Waals surface area contributed by atoms with Gasteiger partial charge in [0, 0.05) is 11.1 Å². The molecule has 3 aromatic rings. The van der Waals surface area contributed by atoms with Crippen molar-refractivity contribution in [3.05, 3.63) is 71.5 Å². The quantitative estimate of drug-likeness (QED) is 0.231. The molecule has 1 atom stereocenters. The minimum absolute atomic E-state index is 0.0653. The van der Waals surface area contributed by atoms with E-state index in [1.807, 2.05) is 0 Å². The average molecular weight is 567 g/mol. The molecule has 212 valence electrons. The molecule has 0 saturated carbocycles. The fourth-order valence-electron chi connectivity index (χ4n) is 3.52. The Labute approximate surface area is 234 Å². The lowest BCUT2D eigenvalue weighted by Gasteiger charge is -2.22. The number of aromatic nitrogens is 2. The molecule has 1 heterocycles. The van der Waals surface area contributed by atoms with Gasteiger partial charge < -0.3 is 20.5 Å². The Morgan fingerprint density at radius 2 is 1.68 bits per heavy atom. The number of nitrogens with two attached hydrogens (primary N) is 1. The molecule has 0 bridgehead atoms. The number of carbonyl (C=O) groups is 1. The molecule has 0 radical (unpaired) electrons. The smallest absolute Gasteiger partial charge is 0.408 e. The number of rotatable bonds is 7. The van der Waals surface area contributed by atoms with Crippen LogP contribution in [-0.2, 0) is 19.3 Å². The molecule has 0 aliphatic carbocycles. The minimum atomic E-state index is -3.43. The number of carbonyl (C=O) groups excluding carboxylic acids is 1. The van der Waals surface area contributed by atoms with Crippen molar-refractivity contribution in [2.45, 2.75) is 63.3 Å². The summed E-state index contributed by atoms with van der Waals surface area (Å²) in [5.74, 6) is -0.878. The molecule has 40 heavy (non-hydrogen) atoms. The zero-order chi connectivity index (χ0) is 29.8. The van der Waals surface area contributed by atoms with E-state index in [9.17, 15) is 13.2 Å². The summed E-state index contributed by atoms with van der Waals surface area (Å²) in [7, 11) is -3.43. The van der Waals surface area contributed by atoms with Gasteiger partial charge in [-0.2, -0.15) is 0 Å². The third-order valence-electron chi connectivity index (χ3n) is 5.70. The van der Waals surface area contributed by atoms with Gasteiger partial charge in [-0.05, 0) is 71.4 Å². The molecule has 5 N–H and O–H groups in total. The van der Waals surface area contributed by atoms with E-state index in [1.165, 1.54) is 18.3 Å². The van der Waals surface area contributed by atoms with Gasteiger partial charge in [-0.3, -0.25) is 10.8 Å². The van der Waals surface area contributed by atoms with Gasteiger partial charge in [0.05, 0.1) is 28.1 Å². The maximum Gasteiger partial charge on any atom is 0.408 e. The molecular weight excluding hydrogens is 532 g/mol. The summed E-state index contributed by atoms with van der Waals surface area (Å²) in [6.07, 6.45) is 0.843. The largest absolute Gasteiger partial charge is 0.444 e. The van der Waals surface area contributed by atoms with Gasteiger partial charge >= 0.3 is 6.09 Å². The zero-order valence-electron chi connectivity index (χ0n) is 23.3. The van der Waals surface area contributed by atoms with Crippen LogP contribution in [0.15, 0.2) is 59.6 Å². The monoisotopic (exact) mass is 566 g/mol. The highest BCUT2D eigenvalue weighted by Gasteiger charge is 2.21. The molecule has 3 rings (SSSR count). The third kappa shape index (κ3) is 7.41. The van der Waals surface area contributed by atoms with Crippen molar-refractivity contribution in [2.24, 2.45) is 0 Å².